The number of nitrogens with zero attached hydrogens (tertiary/aromatic N) is 1. The van der Waals surface area contributed by atoms with Crippen LogP contribution in [0.4, 0.5) is 0 Å². The normalized spacial score (nSPS) is 8.60. The van der Waals surface area contributed by atoms with Gasteiger partial charge in [0.1, 0.15) is 0 Å². The largest absolute Gasteiger partial charge is 0.356 e. The van der Waals surface area contributed by atoms with E-state index in [-0.39, 0.29) is 11.8 Å². The number of rotatable bonds is 5. The molecule has 0 aromatic carbocycles. The third-order valence-electron chi connectivity index (χ3n) is 1.83. The Morgan fingerprint density at radius 1 is 1.13 bits per heavy atom. The van der Waals surface area contributed by atoms with E-state index in [2.05, 4.69) is 5.32 Å². The summed E-state index contributed by atoms with van der Waals surface area (Å²) in [5, 5.41) is 2.59. The van der Waals surface area contributed by atoms with Crippen LogP contribution in [0.3, 0.4) is 0 Å². The minimum atomic E-state index is -0.0904. The van der Waals surface area contributed by atoms with Crippen LogP contribution in [-0.2, 0) is 9.59 Å². The van der Waals surface area contributed by atoms with Crippen LogP contribution in [0.5, 0.6) is 0 Å². The van der Waals surface area contributed by atoms with Gasteiger partial charge in [-0.15, -0.1) is 0 Å². The molecule has 0 radical (unpaired) electrons. The Hall–Kier alpha value is -1.06. The van der Waals surface area contributed by atoms with Crippen molar-refractivity contribution in [2.24, 2.45) is 0 Å². The van der Waals surface area contributed by atoms with Gasteiger partial charge in [0.15, 0.2) is 0 Å². The Kier molecular flexibility index (Phi) is 12.0. The second kappa shape index (κ2) is 11.0. The molecule has 0 bridgehead atoms. The first-order valence-electron chi connectivity index (χ1n) is 5.64. The molecule has 15 heavy (non-hydrogen) atoms. The molecule has 0 aliphatic carbocycles. The van der Waals surface area contributed by atoms with Crippen molar-refractivity contribution in [3.8, 4) is 0 Å². The van der Waals surface area contributed by atoms with Gasteiger partial charge in [0, 0.05) is 33.0 Å². The molecule has 0 fully saturated rings. The van der Waals surface area contributed by atoms with Crippen molar-refractivity contribution in [2.75, 3.05) is 19.6 Å². The van der Waals surface area contributed by atoms with Crippen LogP contribution in [0.15, 0.2) is 0 Å². The molecule has 0 atom stereocenters. The molecule has 0 heterocycles. The van der Waals surface area contributed by atoms with Gasteiger partial charge in [-0.05, 0) is 13.8 Å². The molecule has 0 aliphatic rings. The Morgan fingerprint density at radius 2 is 1.60 bits per heavy atom. The van der Waals surface area contributed by atoms with Crippen molar-refractivity contribution in [1.82, 2.24) is 10.2 Å². The molecule has 4 heteroatoms. The average molecular weight is 216 g/mol. The van der Waals surface area contributed by atoms with E-state index in [4.69, 9.17) is 0 Å². The fraction of sp³-hybridized carbons (Fsp3) is 0.818. The summed E-state index contributed by atoms with van der Waals surface area (Å²) in [4.78, 5) is 23.6. The summed E-state index contributed by atoms with van der Waals surface area (Å²) in [5.41, 5.74) is 0. The molecule has 90 valence electrons. The van der Waals surface area contributed by atoms with Crippen LogP contribution >= 0.6 is 0 Å². The standard InChI is InChI=1S/C9H18N2O2.C2H6/c1-4-11(5-2)9(13)6-7-10-8(3)12;1-2/h4-7H2,1-3H3,(H,10,12);1-2H3. The lowest BCUT2D eigenvalue weighted by molar-refractivity contribution is -0.130. The highest BCUT2D eigenvalue weighted by molar-refractivity contribution is 5.77. The highest BCUT2D eigenvalue weighted by Gasteiger charge is 2.08. The summed E-state index contributed by atoms with van der Waals surface area (Å²) in [6.07, 6.45) is 0.390. The van der Waals surface area contributed by atoms with Gasteiger partial charge in [-0.2, -0.15) is 0 Å². The van der Waals surface area contributed by atoms with E-state index in [0.29, 0.717) is 13.0 Å². The Labute approximate surface area is 93.0 Å². The van der Waals surface area contributed by atoms with E-state index in [1.807, 2.05) is 27.7 Å². The Balaban J connectivity index is 0. The quantitative estimate of drug-likeness (QED) is 0.755. The maximum absolute atomic E-state index is 11.4. The summed E-state index contributed by atoms with van der Waals surface area (Å²) in [7, 11) is 0. The average Bonchev–Trinajstić information content (AvgIpc) is 2.22. The van der Waals surface area contributed by atoms with Crippen LogP contribution in [0, 0.1) is 0 Å². The Morgan fingerprint density at radius 3 is 1.93 bits per heavy atom. The molecular weight excluding hydrogens is 192 g/mol. The van der Waals surface area contributed by atoms with Gasteiger partial charge in [-0.1, -0.05) is 13.8 Å². The smallest absolute Gasteiger partial charge is 0.224 e. The number of nitrogens with one attached hydrogen (secondary N) is 1. The Bertz CT molecular complexity index is 177. The zero-order chi connectivity index (χ0) is 12.3. The summed E-state index contributed by atoms with van der Waals surface area (Å²) < 4.78 is 0. The maximum atomic E-state index is 11.4. The van der Waals surface area contributed by atoms with Gasteiger partial charge in [-0.25, -0.2) is 0 Å². The minimum Gasteiger partial charge on any atom is -0.356 e. The molecule has 0 saturated carbocycles. The van der Waals surface area contributed by atoms with Crippen LogP contribution in [0.25, 0.3) is 0 Å². The van der Waals surface area contributed by atoms with Gasteiger partial charge in [0.05, 0.1) is 0 Å². The second-order valence-electron chi connectivity index (χ2n) is 2.80. The summed E-state index contributed by atoms with van der Waals surface area (Å²) in [5.74, 6) is 0.00565. The highest BCUT2D eigenvalue weighted by Crippen LogP contribution is 1.92. The van der Waals surface area contributed by atoms with Crippen molar-refractivity contribution in [3.05, 3.63) is 0 Å². The molecular formula is C11H24N2O2. The summed E-state index contributed by atoms with van der Waals surface area (Å²) in [6, 6.07) is 0. The number of hydrogen-bond acceptors (Lipinski definition) is 2. The van der Waals surface area contributed by atoms with Crippen molar-refractivity contribution < 1.29 is 9.59 Å². The van der Waals surface area contributed by atoms with Crippen LogP contribution < -0.4 is 5.32 Å². The maximum Gasteiger partial charge on any atom is 0.224 e. The lowest BCUT2D eigenvalue weighted by atomic mass is 10.3. The predicted octanol–water partition coefficient (Wildman–Crippen LogP) is 1.41. The van der Waals surface area contributed by atoms with Crippen LogP contribution in [-0.4, -0.2) is 36.3 Å². The van der Waals surface area contributed by atoms with Gasteiger partial charge >= 0.3 is 0 Å². The second-order valence-corrected chi connectivity index (χ2v) is 2.80. The third-order valence-corrected chi connectivity index (χ3v) is 1.83. The van der Waals surface area contributed by atoms with Crippen LogP contribution in [0.2, 0.25) is 0 Å². The topological polar surface area (TPSA) is 49.4 Å². The van der Waals surface area contributed by atoms with Gasteiger partial charge in [0.2, 0.25) is 11.8 Å². The SMILES string of the molecule is CC.CCN(CC)C(=O)CCNC(C)=O. The molecule has 4 nitrogen and oxygen atoms in total. The molecule has 0 aromatic rings. The van der Waals surface area contributed by atoms with Crippen molar-refractivity contribution in [1.29, 1.82) is 0 Å². The predicted molar refractivity (Wildman–Crippen MR) is 62.6 cm³/mol. The molecule has 2 amide bonds. The van der Waals surface area contributed by atoms with E-state index in [9.17, 15) is 9.59 Å². The molecule has 0 spiro atoms. The van der Waals surface area contributed by atoms with E-state index < -0.39 is 0 Å². The van der Waals surface area contributed by atoms with Crippen molar-refractivity contribution in [2.45, 2.75) is 41.0 Å². The van der Waals surface area contributed by atoms with E-state index >= 15 is 0 Å². The minimum absolute atomic E-state index is 0.0904. The number of hydrogen-bond donors (Lipinski definition) is 1. The molecule has 0 aliphatic heterocycles. The highest BCUT2D eigenvalue weighted by atomic mass is 16.2. The zero-order valence-electron chi connectivity index (χ0n) is 10.6. The van der Waals surface area contributed by atoms with Gasteiger partial charge < -0.3 is 10.2 Å². The van der Waals surface area contributed by atoms with Crippen LogP contribution in [0.1, 0.15) is 41.0 Å². The fourth-order valence-corrected chi connectivity index (χ4v) is 1.08. The summed E-state index contributed by atoms with van der Waals surface area (Å²) >= 11 is 0. The molecule has 0 aromatic heterocycles. The molecule has 0 unspecified atom stereocenters. The van der Waals surface area contributed by atoms with E-state index in [0.717, 1.165) is 13.1 Å². The first-order chi connectivity index (χ1) is 7.11. The first kappa shape index (κ1) is 16.4. The lowest BCUT2D eigenvalue weighted by Crippen LogP contribution is -2.33. The summed E-state index contributed by atoms with van der Waals surface area (Å²) in [6.45, 7) is 11.2. The van der Waals surface area contributed by atoms with E-state index in [1.165, 1.54) is 6.92 Å². The number of carbonyl (C=O) groups excluding carboxylic acids is 2. The zero-order valence-corrected chi connectivity index (χ0v) is 10.6. The van der Waals surface area contributed by atoms with Gasteiger partial charge in [0.25, 0.3) is 0 Å². The van der Waals surface area contributed by atoms with Crippen molar-refractivity contribution >= 4 is 11.8 Å². The monoisotopic (exact) mass is 216 g/mol. The van der Waals surface area contributed by atoms with E-state index in [1.54, 1.807) is 4.90 Å². The molecule has 0 rings (SSSR count). The third kappa shape index (κ3) is 9.25. The molecule has 1 N–H and O–H groups in total. The first-order valence-corrected chi connectivity index (χ1v) is 5.64. The molecule has 0 saturated heterocycles. The lowest BCUT2D eigenvalue weighted by Gasteiger charge is -2.18. The number of carbonyl (C=O) groups is 2. The van der Waals surface area contributed by atoms with Crippen molar-refractivity contribution in [3.63, 3.8) is 0 Å². The number of amides is 2. The fourth-order valence-electron chi connectivity index (χ4n) is 1.08. The van der Waals surface area contributed by atoms with Gasteiger partial charge in [-0.3, -0.25) is 9.59 Å².